The molecule has 0 aromatic carbocycles. The number of hydrogen-bond acceptors (Lipinski definition) is 8. The van der Waals surface area contributed by atoms with Crippen molar-refractivity contribution in [3.8, 4) is 6.07 Å². The Morgan fingerprint density at radius 2 is 2.10 bits per heavy atom. The Morgan fingerprint density at radius 1 is 1.34 bits per heavy atom. The van der Waals surface area contributed by atoms with Gasteiger partial charge in [0.15, 0.2) is 8.32 Å². The van der Waals surface area contributed by atoms with Crippen LogP contribution in [0.5, 0.6) is 0 Å². The van der Waals surface area contributed by atoms with Crippen LogP contribution in [0.2, 0.25) is 18.1 Å². The van der Waals surface area contributed by atoms with E-state index in [1.807, 2.05) is 12.3 Å². The van der Waals surface area contributed by atoms with Crippen LogP contribution in [0.1, 0.15) is 31.3 Å². The SMILES string of the molecule is Cc1ncnc2c(C3(C#N)OC(CO[Si](C)(C)C(C)(C)C)C4OCOC43)scc12. The lowest BCUT2D eigenvalue weighted by molar-refractivity contribution is -0.113. The molecule has 4 unspecified atom stereocenters. The Kier molecular flexibility index (Phi) is 5.09. The second-order valence-electron chi connectivity index (χ2n) is 9.20. The molecule has 0 N–H and O–H groups in total. The minimum Gasteiger partial charge on any atom is -0.414 e. The Labute approximate surface area is 176 Å². The fourth-order valence-corrected chi connectivity index (χ4v) is 5.79. The molecule has 2 fully saturated rings. The molecule has 156 valence electrons. The molecular weight excluding hydrogens is 406 g/mol. The fraction of sp³-hybridized carbons (Fsp3) is 0.650. The van der Waals surface area contributed by atoms with Gasteiger partial charge in [-0.1, -0.05) is 20.8 Å². The minimum atomic E-state index is -1.97. The lowest BCUT2D eigenvalue weighted by atomic mass is 9.93. The monoisotopic (exact) mass is 433 g/mol. The molecule has 0 amide bonds. The lowest BCUT2D eigenvalue weighted by Gasteiger charge is -2.37. The molecule has 7 nitrogen and oxygen atoms in total. The van der Waals surface area contributed by atoms with Crippen molar-refractivity contribution in [2.75, 3.05) is 13.4 Å². The summed E-state index contributed by atoms with van der Waals surface area (Å²) in [6.45, 7) is 13.5. The van der Waals surface area contributed by atoms with E-state index in [9.17, 15) is 5.26 Å². The number of nitrogens with zero attached hydrogens (tertiary/aromatic N) is 3. The van der Waals surface area contributed by atoms with E-state index < -0.39 is 20.0 Å². The standard InChI is InChI=1S/C20H27N3O4SSi/c1-12-13-8-28-18(15(13)23-10-22-12)20(9-21)17-16(24-11-25-17)14(27-20)7-26-29(5,6)19(2,3)4/h8,10,14,16-17H,7,11H2,1-6H3. The van der Waals surface area contributed by atoms with Gasteiger partial charge in [-0.2, -0.15) is 5.26 Å². The highest BCUT2D eigenvalue weighted by molar-refractivity contribution is 7.11. The van der Waals surface area contributed by atoms with Crippen LogP contribution in [-0.4, -0.2) is 50.0 Å². The summed E-state index contributed by atoms with van der Waals surface area (Å²) in [6, 6.07) is 2.40. The minimum absolute atomic E-state index is 0.0861. The van der Waals surface area contributed by atoms with E-state index in [0.717, 1.165) is 21.5 Å². The van der Waals surface area contributed by atoms with E-state index >= 15 is 0 Å². The van der Waals surface area contributed by atoms with Gasteiger partial charge in [0.05, 0.1) is 17.0 Å². The molecule has 4 atom stereocenters. The van der Waals surface area contributed by atoms with Crippen LogP contribution in [0.25, 0.3) is 10.9 Å². The van der Waals surface area contributed by atoms with Crippen LogP contribution in [0.15, 0.2) is 11.7 Å². The smallest absolute Gasteiger partial charge is 0.220 e. The van der Waals surface area contributed by atoms with Gasteiger partial charge >= 0.3 is 0 Å². The van der Waals surface area contributed by atoms with Crippen LogP contribution in [0.4, 0.5) is 0 Å². The van der Waals surface area contributed by atoms with Crippen molar-refractivity contribution in [3.63, 3.8) is 0 Å². The number of hydrogen-bond donors (Lipinski definition) is 0. The van der Waals surface area contributed by atoms with Gasteiger partial charge in [-0.3, -0.25) is 0 Å². The van der Waals surface area contributed by atoms with E-state index in [-0.39, 0.29) is 24.0 Å². The molecule has 0 spiro atoms. The van der Waals surface area contributed by atoms with Gasteiger partial charge in [0.2, 0.25) is 5.60 Å². The van der Waals surface area contributed by atoms with Gasteiger partial charge in [-0.25, -0.2) is 9.97 Å². The van der Waals surface area contributed by atoms with Crippen molar-refractivity contribution < 1.29 is 18.6 Å². The third-order valence-electron chi connectivity index (χ3n) is 6.42. The van der Waals surface area contributed by atoms with E-state index in [2.05, 4.69) is 49.9 Å². The van der Waals surface area contributed by atoms with Crippen molar-refractivity contribution in [1.29, 1.82) is 5.26 Å². The molecule has 2 aliphatic rings. The zero-order valence-corrected chi connectivity index (χ0v) is 19.5. The maximum atomic E-state index is 10.3. The Bertz CT molecular complexity index is 967. The molecule has 2 aromatic rings. The molecule has 0 bridgehead atoms. The number of aryl methyl sites for hydroxylation is 1. The number of ether oxygens (including phenoxy) is 3. The summed E-state index contributed by atoms with van der Waals surface area (Å²) in [7, 11) is -1.97. The third kappa shape index (κ3) is 3.23. The molecule has 4 rings (SSSR count). The summed E-state index contributed by atoms with van der Waals surface area (Å²) < 4.78 is 24.5. The van der Waals surface area contributed by atoms with Gasteiger partial charge in [0, 0.05) is 16.5 Å². The Morgan fingerprint density at radius 3 is 2.79 bits per heavy atom. The van der Waals surface area contributed by atoms with Crippen LogP contribution in [0, 0.1) is 18.3 Å². The number of aromatic nitrogens is 2. The maximum Gasteiger partial charge on any atom is 0.220 e. The summed E-state index contributed by atoms with van der Waals surface area (Å²) in [4.78, 5) is 9.45. The van der Waals surface area contributed by atoms with Gasteiger partial charge in [0.25, 0.3) is 0 Å². The van der Waals surface area contributed by atoms with Gasteiger partial charge < -0.3 is 18.6 Å². The van der Waals surface area contributed by atoms with E-state index in [4.69, 9.17) is 18.6 Å². The largest absolute Gasteiger partial charge is 0.414 e. The molecule has 29 heavy (non-hydrogen) atoms. The number of thiophene rings is 1. The molecule has 2 aliphatic heterocycles. The molecule has 2 saturated heterocycles. The van der Waals surface area contributed by atoms with Crippen LogP contribution < -0.4 is 0 Å². The predicted octanol–water partition coefficient (Wildman–Crippen LogP) is 3.88. The first kappa shape index (κ1) is 20.8. The second-order valence-corrected chi connectivity index (χ2v) is 14.9. The molecule has 0 radical (unpaired) electrons. The maximum absolute atomic E-state index is 10.3. The first-order valence-corrected chi connectivity index (χ1v) is 13.5. The van der Waals surface area contributed by atoms with Gasteiger partial charge in [0.1, 0.15) is 37.5 Å². The van der Waals surface area contributed by atoms with E-state index in [1.165, 1.54) is 17.7 Å². The summed E-state index contributed by atoms with van der Waals surface area (Å²) in [5, 5.41) is 13.3. The lowest BCUT2D eigenvalue weighted by Crippen LogP contribution is -2.44. The highest BCUT2D eigenvalue weighted by Gasteiger charge is 2.62. The number of rotatable bonds is 4. The van der Waals surface area contributed by atoms with E-state index in [0.29, 0.717) is 6.61 Å². The fourth-order valence-electron chi connectivity index (χ4n) is 3.60. The summed E-state index contributed by atoms with van der Waals surface area (Å²) >= 11 is 1.46. The zero-order chi connectivity index (χ0) is 21.0. The van der Waals surface area contributed by atoms with Crippen LogP contribution in [-0.2, 0) is 24.2 Å². The van der Waals surface area contributed by atoms with Crippen molar-refractivity contribution in [2.45, 2.75) is 69.7 Å². The number of nitriles is 1. The average Bonchev–Trinajstić information content (AvgIpc) is 3.35. The Balaban J connectivity index is 1.68. The zero-order valence-electron chi connectivity index (χ0n) is 17.7. The van der Waals surface area contributed by atoms with Crippen LogP contribution in [0.3, 0.4) is 0 Å². The van der Waals surface area contributed by atoms with Gasteiger partial charge in [-0.15, -0.1) is 11.3 Å². The van der Waals surface area contributed by atoms with Crippen molar-refractivity contribution in [3.05, 3.63) is 22.3 Å². The summed E-state index contributed by atoms with van der Waals surface area (Å²) in [5.74, 6) is 0. The predicted molar refractivity (Wildman–Crippen MR) is 112 cm³/mol. The highest BCUT2D eigenvalue weighted by Crippen LogP contribution is 2.49. The van der Waals surface area contributed by atoms with Crippen LogP contribution >= 0.6 is 11.3 Å². The third-order valence-corrected chi connectivity index (χ3v) is 12.0. The molecule has 0 saturated carbocycles. The molecular formula is C20H27N3O4SSi. The first-order chi connectivity index (χ1) is 13.6. The Hall–Kier alpha value is -1.41. The highest BCUT2D eigenvalue weighted by atomic mass is 32.1. The summed E-state index contributed by atoms with van der Waals surface area (Å²) in [5.41, 5.74) is 0.348. The molecule has 4 heterocycles. The normalized spacial score (nSPS) is 29.9. The van der Waals surface area contributed by atoms with Gasteiger partial charge in [-0.05, 0) is 25.1 Å². The second kappa shape index (κ2) is 7.08. The average molecular weight is 434 g/mol. The van der Waals surface area contributed by atoms with Crippen molar-refractivity contribution in [1.82, 2.24) is 9.97 Å². The quantitative estimate of drug-likeness (QED) is 0.676. The van der Waals surface area contributed by atoms with Crippen molar-refractivity contribution in [2.24, 2.45) is 0 Å². The molecule has 2 aromatic heterocycles. The first-order valence-electron chi connectivity index (χ1n) is 9.76. The molecule has 0 aliphatic carbocycles. The summed E-state index contributed by atoms with van der Waals surface area (Å²) in [6.07, 6.45) is 0.281. The number of fused-ring (bicyclic) bond motifs is 2. The topological polar surface area (TPSA) is 86.5 Å². The van der Waals surface area contributed by atoms with E-state index in [1.54, 1.807) is 0 Å². The molecule has 9 heteroatoms. The van der Waals surface area contributed by atoms with Crippen molar-refractivity contribution >= 4 is 30.6 Å².